The van der Waals surface area contributed by atoms with Gasteiger partial charge in [0, 0.05) is 6.54 Å². The molecule has 0 aromatic heterocycles. The van der Waals surface area contributed by atoms with Crippen molar-refractivity contribution >= 4 is 17.3 Å². The zero-order valence-electron chi connectivity index (χ0n) is 11.1. The molecule has 2 nitrogen and oxygen atoms in total. The lowest BCUT2D eigenvalue weighted by molar-refractivity contribution is 0.689. The van der Waals surface area contributed by atoms with Crippen molar-refractivity contribution in [2.75, 3.05) is 6.54 Å². The average molecular weight is 250 g/mol. The van der Waals surface area contributed by atoms with Gasteiger partial charge < -0.3 is 10.6 Å². The fourth-order valence-corrected chi connectivity index (χ4v) is 2.07. The van der Waals surface area contributed by atoms with Crippen molar-refractivity contribution in [1.29, 1.82) is 0 Å². The van der Waals surface area contributed by atoms with E-state index in [0.717, 1.165) is 18.1 Å². The van der Waals surface area contributed by atoms with Crippen LogP contribution in [0.15, 0.2) is 18.2 Å². The van der Waals surface area contributed by atoms with E-state index < -0.39 is 0 Å². The maximum atomic E-state index is 5.25. The van der Waals surface area contributed by atoms with Crippen LogP contribution < -0.4 is 10.6 Å². The number of hydrogen-bond acceptors (Lipinski definition) is 1. The summed E-state index contributed by atoms with van der Waals surface area (Å²) in [4.78, 5) is 0. The minimum atomic E-state index is 0.242. The highest BCUT2D eigenvalue weighted by Gasteiger charge is 2.09. The molecule has 1 unspecified atom stereocenters. The van der Waals surface area contributed by atoms with Crippen LogP contribution in [0.5, 0.6) is 0 Å². The van der Waals surface area contributed by atoms with E-state index in [-0.39, 0.29) is 6.04 Å². The average Bonchev–Trinajstić information content (AvgIpc) is 2.29. The summed E-state index contributed by atoms with van der Waals surface area (Å²) >= 11 is 5.25. The molecule has 1 rings (SSSR count). The third kappa shape index (κ3) is 4.35. The highest BCUT2D eigenvalue weighted by atomic mass is 32.1. The van der Waals surface area contributed by atoms with Crippen molar-refractivity contribution in [2.24, 2.45) is 0 Å². The number of hydrogen-bond donors (Lipinski definition) is 2. The topological polar surface area (TPSA) is 24.1 Å². The van der Waals surface area contributed by atoms with Gasteiger partial charge in [-0.05, 0) is 50.5 Å². The molecule has 2 N–H and O–H groups in total. The summed E-state index contributed by atoms with van der Waals surface area (Å²) in [5.41, 5.74) is 3.89. The SMILES string of the molecule is CCCNC(=S)NC(C)c1cc(C)ccc1C. The molecule has 0 heterocycles. The molecule has 0 bridgehead atoms. The van der Waals surface area contributed by atoms with E-state index in [1.165, 1.54) is 16.7 Å². The molecule has 0 aliphatic heterocycles. The van der Waals surface area contributed by atoms with E-state index >= 15 is 0 Å². The third-order valence-electron chi connectivity index (χ3n) is 2.78. The molecule has 0 amide bonds. The molecule has 94 valence electrons. The van der Waals surface area contributed by atoms with E-state index in [9.17, 15) is 0 Å². The monoisotopic (exact) mass is 250 g/mol. The summed E-state index contributed by atoms with van der Waals surface area (Å²) in [5.74, 6) is 0. The molecule has 1 aromatic rings. The molecule has 1 atom stereocenters. The van der Waals surface area contributed by atoms with Gasteiger partial charge >= 0.3 is 0 Å². The Kier molecular flexibility index (Phi) is 5.42. The fraction of sp³-hybridized carbons (Fsp3) is 0.500. The lowest BCUT2D eigenvalue weighted by Gasteiger charge is -2.19. The fourth-order valence-electron chi connectivity index (χ4n) is 1.79. The molecule has 3 heteroatoms. The molecule has 0 aliphatic rings. The summed E-state index contributed by atoms with van der Waals surface area (Å²) in [6.45, 7) is 9.44. The first-order valence-corrected chi connectivity index (χ1v) is 6.57. The van der Waals surface area contributed by atoms with Gasteiger partial charge in [0.2, 0.25) is 0 Å². The lowest BCUT2D eigenvalue weighted by Crippen LogP contribution is -2.37. The van der Waals surface area contributed by atoms with Crippen molar-refractivity contribution in [3.63, 3.8) is 0 Å². The van der Waals surface area contributed by atoms with Crippen LogP contribution in [-0.4, -0.2) is 11.7 Å². The third-order valence-corrected chi connectivity index (χ3v) is 3.05. The Labute approximate surface area is 110 Å². The molecule has 1 aromatic carbocycles. The second kappa shape index (κ2) is 6.60. The van der Waals surface area contributed by atoms with Gasteiger partial charge in [0.15, 0.2) is 5.11 Å². The number of benzene rings is 1. The first kappa shape index (κ1) is 14.0. The minimum absolute atomic E-state index is 0.242. The van der Waals surface area contributed by atoms with E-state index in [2.05, 4.69) is 56.5 Å². The molecule has 17 heavy (non-hydrogen) atoms. The summed E-state index contributed by atoms with van der Waals surface area (Å²) in [6.07, 6.45) is 1.08. The second-order valence-corrected chi connectivity index (χ2v) is 4.89. The number of nitrogens with one attached hydrogen (secondary N) is 2. The zero-order chi connectivity index (χ0) is 12.8. The van der Waals surface area contributed by atoms with Crippen LogP contribution >= 0.6 is 12.2 Å². The second-order valence-electron chi connectivity index (χ2n) is 4.48. The smallest absolute Gasteiger partial charge is 0.166 e. The maximum absolute atomic E-state index is 5.25. The first-order valence-electron chi connectivity index (χ1n) is 6.16. The molecule has 0 radical (unpaired) electrons. The summed E-state index contributed by atoms with van der Waals surface area (Å²) in [7, 11) is 0. The Morgan fingerprint density at radius 2 is 2.06 bits per heavy atom. The Balaban J connectivity index is 2.66. The standard InChI is InChI=1S/C14H22N2S/c1-5-8-15-14(17)16-12(4)13-9-10(2)6-7-11(13)3/h6-7,9,12H,5,8H2,1-4H3,(H2,15,16,17). The van der Waals surface area contributed by atoms with Gasteiger partial charge in [-0.3, -0.25) is 0 Å². The van der Waals surface area contributed by atoms with Crippen LogP contribution in [-0.2, 0) is 0 Å². The highest BCUT2D eigenvalue weighted by molar-refractivity contribution is 7.80. The predicted molar refractivity (Wildman–Crippen MR) is 78.4 cm³/mol. The lowest BCUT2D eigenvalue weighted by atomic mass is 10.0. The Hall–Kier alpha value is -1.09. The van der Waals surface area contributed by atoms with E-state index in [1.54, 1.807) is 0 Å². The van der Waals surface area contributed by atoms with E-state index in [4.69, 9.17) is 12.2 Å². The quantitative estimate of drug-likeness (QED) is 0.802. The normalized spacial score (nSPS) is 12.0. The van der Waals surface area contributed by atoms with Gasteiger partial charge in [0.1, 0.15) is 0 Å². The number of thiocarbonyl (C=S) groups is 1. The van der Waals surface area contributed by atoms with Gasteiger partial charge in [-0.1, -0.05) is 30.7 Å². The van der Waals surface area contributed by atoms with Gasteiger partial charge in [0.25, 0.3) is 0 Å². The Bertz CT molecular complexity index is 388. The molecular weight excluding hydrogens is 228 g/mol. The van der Waals surface area contributed by atoms with E-state index in [0.29, 0.717) is 0 Å². The first-order chi connectivity index (χ1) is 8.04. The summed E-state index contributed by atoms with van der Waals surface area (Å²) in [6, 6.07) is 6.76. The van der Waals surface area contributed by atoms with Crippen LogP contribution in [0.1, 0.15) is 43.0 Å². The highest BCUT2D eigenvalue weighted by Crippen LogP contribution is 2.18. The molecule has 0 aliphatic carbocycles. The Morgan fingerprint density at radius 3 is 2.71 bits per heavy atom. The van der Waals surface area contributed by atoms with E-state index in [1.807, 2.05) is 0 Å². The maximum Gasteiger partial charge on any atom is 0.166 e. The van der Waals surface area contributed by atoms with Crippen LogP contribution in [0.3, 0.4) is 0 Å². The number of aryl methyl sites for hydroxylation is 2. The number of rotatable bonds is 4. The molecular formula is C14H22N2S. The van der Waals surface area contributed by atoms with Crippen molar-refractivity contribution in [3.8, 4) is 0 Å². The Morgan fingerprint density at radius 1 is 1.35 bits per heavy atom. The molecule has 0 saturated heterocycles. The van der Waals surface area contributed by atoms with Gasteiger partial charge in [0.05, 0.1) is 6.04 Å². The van der Waals surface area contributed by atoms with Crippen LogP contribution in [0.2, 0.25) is 0 Å². The summed E-state index contributed by atoms with van der Waals surface area (Å²) in [5, 5.41) is 7.24. The van der Waals surface area contributed by atoms with Crippen LogP contribution in [0, 0.1) is 13.8 Å². The van der Waals surface area contributed by atoms with Crippen molar-refractivity contribution in [1.82, 2.24) is 10.6 Å². The van der Waals surface area contributed by atoms with Gasteiger partial charge in [-0.2, -0.15) is 0 Å². The summed E-state index contributed by atoms with van der Waals surface area (Å²) < 4.78 is 0. The molecule has 0 spiro atoms. The largest absolute Gasteiger partial charge is 0.363 e. The van der Waals surface area contributed by atoms with Crippen molar-refractivity contribution in [2.45, 2.75) is 40.2 Å². The van der Waals surface area contributed by atoms with Gasteiger partial charge in [-0.25, -0.2) is 0 Å². The van der Waals surface area contributed by atoms with Crippen molar-refractivity contribution in [3.05, 3.63) is 34.9 Å². The van der Waals surface area contributed by atoms with Crippen LogP contribution in [0.4, 0.5) is 0 Å². The zero-order valence-corrected chi connectivity index (χ0v) is 11.9. The molecule has 0 fully saturated rings. The molecule has 0 saturated carbocycles. The predicted octanol–water partition coefficient (Wildman–Crippen LogP) is 3.24. The van der Waals surface area contributed by atoms with Gasteiger partial charge in [-0.15, -0.1) is 0 Å². The van der Waals surface area contributed by atoms with Crippen LogP contribution in [0.25, 0.3) is 0 Å². The minimum Gasteiger partial charge on any atom is -0.363 e. The van der Waals surface area contributed by atoms with Crippen molar-refractivity contribution < 1.29 is 0 Å².